The Bertz CT molecular complexity index is 927. The lowest BCUT2D eigenvalue weighted by molar-refractivity contribution is -0.288. The molecular weight excluding hydrogens is 454 g/mol. The minimum Gasteiger partial charge on any atom is -0.459 e. The minimum atomic E-state index is -6.01. The van der Waals surface area contributed by atoms with Crippen molar-refractivity contribution in [2.24, 2.45) is 0 Å². The summed E-state index contributed by atoms with van der Waals surface area (Å²) in [5, 5.41) is 0. The first-order valence-corrected chi connectivity index (χ1v) is 9.89. The van der Waals surface area contributed by atoms with Crippen molar-refractivity contribution >= 4 is 11.9 Å². The number of esters is 2. The average molecular weight is 476 g/mol. The fourth-order valence-corrected chi connectivity index (χ4v) is 3.45. The summed E-state index contributed by atoms with van der Waals surface area (Å²) in [4.78, 5) is 25.0. The summed E-state index contributed by atoms with van der Waals surface area (Å²) >= 11 is 0. The Morgan fingerprint density at radius 1 is 0.636 bits per heavy atom. The van der Waals surface area contributed by atoms with Crippen molar-refractivity contribution in [1.29, 1.82) is 0 Å². The maximum atomic E-state index is 14.6. The molecule has 2 rings (SSSR count). The predicted octanol–water partition coefficient (Wildman–Crippen LogP) is 6.23. The number of hydrogen-bond donors (Lipinski definition) is 0. The molecule has 33 heavy (non-hydrogen) atoms. The Morgan fingerprint density at radius 3 is 1.21 bits per heavy atom. The molecule has 4 nitrogen and oxygen atoms in total. The Hall–Kier alpha value is -3.04. The maximum absolute atomic E-state index is 14.6. The van der Waals surface area contributed by atoms with E-state index in [4.69, 9.17) is 9.47 Å². The van der Waals surface area contributed by atoms with Crippen LogP contribution in [-0.2, 0) is 14.9 Å². The smallest absolute Gasteiger partial charge is 0.411 e. The molecule has 180 valence electrons. The van der Waals surface area contributed by atoms with Gasteiger partial charge < -0.3 is 9.47 Å². The molecule has 0 N–H and O–H groups in total. The second-order valence-electron chi connectivity index (χ2n) is 7.74. The molecule has 0 radical (unpaired) electrons. The highest BCUT2D eigenvalue weighted by atomic mass is 19.4. The van der Waals surface area contributed by atoms with E-state index in [1.54, 1.807) is 0 Å². The molecule has 2 aromatic carbocycles. The van der Waals surface area contributed by atoms with E-state index in [9.17, 15) is 35.9 Å². The van der Waals surface area contributed by atoms with Crippen LogP contribution in [0.25, 0.3) is 0 Å². The highest BCUT2D eigenvalue weighted by molar-refractivity contribution is 5.94. The molecule has 0 amide bonds. The van der Waals surface area contributed by atoms with Crippen molar-refractivity contribution in [3.05, 3.63) is 70.8 Å². The van der Waals surface area contributed by atoms with Gasteiger partial charge in [-0.1, -0.05) is 36.4 Å². The van der Waals surface area contributed by atoms with Crippen LogP contribution in [0.3, 0.4) is 0 Å². The van der Waals surface area contributed by atoms with Gasteiger partial charge in [0.2, 0.25) is 5.41 Å². The minimum absolute atomic E-state index is 0.558. The monoisotopic (exact) mass is 476 g/mol. The zero-order valence-electron chi connectivity index (χ0n) is 18.2. The topological polar surface area (TPSA) is 52.6 Å². The Labute approximate surface area is 186 Å². The van der Waals surface area contributed by atoms with Gasteiger partial charge in [-0.25, -0.2) is 9.59 Å². The molecule has 0 spiro atoms. The van der Waals surface area contributed by atoms with Gasteiger partial charge in [0.15, 0.2) is 0 Å². The van der Waals surface area contributed by atoms with Gasteiger partial charge in [0.05, 0.1) is 23.3 Å². The van der Waals surface area contributed by atoms with Crippen molar-refractivity contribution in [1.82, 2.24) is 0 Å². The van der Waals surface area contributed by atoms with Crippen LogP contribution in [0.1, 0.15) is 59.5 Å². The van der Waals surface area contributed by atoms with E-state index >= 15 is 0 Å². The van der Waals surface area contributed by atoms with Crippen LogP contribution in [0.2, 0.25) is 0 Å². The van der Waals surface area contributed by atoms with Gasteiger partial charge >= 0.3 is 24.3 Å². The number of carbonyl (C=O) groups is 2. The third-order valence-corrected chi connectivity index (χ3v) is 4.64. The lowest BCUT2D eigenvalue weighted by Gasteiger charge is -2.39. The number of benzene rings is 2. The second-order valence-corrected chi connectivity index (χ2v) is 7.74. The summed E-state index contributed by atoms with van der Waals surface area (Å²) in [5.74, 6) is -2.72. The van der Waals surface area contributed by atoms with Gasteiger partial charge in [0.1, 0.15) is 0 Å². The van der Waals surface area contributed by atoms with E-state index in [-0.39, 0.29) is 0 Å². The molecule has 0 fully saturated rings. The maximum Gasteiger partial charge on any atom is 0.411 e. The summed E-state index contributed by atoms with van der Waals surface area (Å²) < 4.78 is 97.6. The van der Waals surface area contributed by atoms with E-state index < -0.39 is 64.2 Å². The highest BCUT2D eigenvalue weighted by Gasteiger charge is 2.74. The summed E-state index contributed by atoms with van der Waals surface area (Å²) in [6.07, 6.45) is -13.6. The third kappa shape index (κ3) is 4.99. The molecule has 2 aromatic rings. The van der Waals surface area contributed by atoms with Crippen molar-refractivity contribution in [2.45, 2.75) is 57.7 Å². The van der Waals surface area contributed by atoms with Crippen LogP contribution >= 0.6 is 0 Å². The van der Waals surface area contributed by atoms with E-state index in [1.165, 1.54) is 27.7 Å². The van der Waals surface area contributed by atoms with Crippen LogP contribution in [0.4, 0.5) is 26.3 Å². The van der Waals surface area contributed by atoms with Crippen LogP contribution in [0.15, 0.2) is 48.5 Å². The molecule has 0 aliphatic carbocycles. The lowest BCUT2D eigenvalue weighted by Crippen LogP contribution is -2.56. The van der Waals surface area contributed by atoms with E-state index in [0.29, 0.717) is 12.1 Å². The number of halogens is 6. The predicted molar refractivity (Wildman–Crippen MR) is 107 cm³/mol. The van der Waals surface area contributed by atoms with Gasteiger partial charge in [0.25, 0.3) is 0 Å². The number of rotatable bonds is 6. The Balaban J connectivity index is 3.02. The van der Waals surface area contributed by atoms with Crippen molar-refractivity contribution < 1.29 is 45.4 Å². The number of ether oxygens (including phenoxy) is 2. The van der Waals surface area contributed by atoms with Crippen molar-refractivity contribution in [2.75, 3.05) is 0 Å². The van der Waals surface area contributed by atoms with Gasteiger partial charge in [0, 0.05) is 0 Å². The van der Waals surface area contributed by atoms with Crippen LogP contribution < -0.4 is 0 Å². The first-order chi connectivity index (χ1) is 15.1. The lowest BCUT2D eigenvalue weighted by atomic mass is 9.69. The number of alkyl halides is 6. The van der Waals surface area contributed by atoms with Gasteiger partial charge in [-0.2, -0.15) is 26.3 Å². The third-order valence-electron chi connectivity index (χ3n) is 4.64. The first kappa shape index (κ1) is 26.2. The fourth-order valence-electron chi connectivity index (χ4n) is 3.45. The molecule has 0 aliphatic rings. The molecule has 0 aromatic heterocycles. The Kier molecular flexibility index (Phi) is 7.50. The summed E-state index contributed by atoms with van der Waals surface area (Å²) in [5.41, 5.74) is -9.37. The highest BCUT2D eigenvalue weighted by Crippen LogP contribution is 2.57. The zero-order chi connectivity index (χ0) is 25.2. The molecule has 0 saturated carbocycles. The molecular formula is C23H22F6O4. The first-order valence-electron chi connectivity index (χ1n) is 9.89. The largest absolute Gasteiger partial charge is 0.459 e. The van der Waals surface area contributed by atoms with Crippen molar-refractivity contribution in [3.8, 4) is 0 Å². The molecule has 0 atom stereocenters. The molecule has 0 aliphatic heterocycles. The molecule has 0 saturated heterocycles. The normalized spacial score (nSPS) is 12.7. The summed E-state index contributed by atoms with van der Waals surface area (Å²) in [6.45, 7) is 5.61. The summed E-state index contributed by atoms with van der Waals surface area (Å²) in [7, 11) is 0. The zero-order valence-corrected chi connectivity index (χ0v) is 18.2. The van der Waals surface area contributed by atoms with Crippen LogP contribution in [-0.4, -0.2) is 36.5 Å². The molecule has 0 heterocycles. The van der Waals surface area contributed by atoms with Crippen molar-refractivity contribution in [3.63, 3.8) is 0 Å². The van der Waals surface area contributed by atoms with Crippen LogP contribution in [0.5, 0.6) is 0 Å². The fraction of sp³-hybridized carbons (Fsp3) is 0.391. The van der Waals surface area contributed by atoms with E-state index in [1.807, 2.05) is 0 Å². The molecule has 0 bridgehead atoms. The Morgan fingerprint density at radius 2 is 0.939 bits per heavy atom. The van der Waals surface area contributed by atoms with Gasteiger partial charge in [-0.15, -0.1) is 0 Å². The summed E-state index contributed by atoms with van der Waals surface area (Å²) in [6, 6.07) is 6.90. The van der Waals surface area contributed by atoms with Crippen LogP contribution in [0, 0.1) is 0 Å². The van der Waals surface area contributed by atoms with Gasteiger partial charge in [-0.3, -0.25) is 0 Å². The van der Waals surface area contributed by atoms with Gasteiger partial charge in [-0.05, 0) is 51.0 Å². The van der Waals surface area contributed by atoms with E-state index in [2.05, 4.69) is 0 Å². The quantitative estimate of drug-likeness (QED) is 0.367. The SMILES string of the molecule is CC(C)OC(=O)c1ccccc1C(c1ccccc1C(=O)OC(C)C)(C(F)(F)F)C(F)(F)F. The molecule has 10 heteroatoms. The number of hydrogen-bond acceptors (Lipinski definition) is 4. The van der Waals surface area contributed by atoms with E-state index in [0.717, 1.165) is 36.4 Å². The molecule has 0 unspecified atom stereocenters. The number of carbonyl (C=O) groups excluding carboxylic acids is 2. The standard InChI is InChI=1S/C23H22F6O4/c1-13(2)32-19(30)15-9-5-7-11-17(15)21(22(24,25)26,23(27,28)29)18-12-8-6-10-16(18)20(31)33-14(3)4/h5-14H,1-4H3. The second kappa shape index (κ2) is 9.44. The average Bonchev–Trinajstić information content (AvgIpc) is 2.66.